The van der Waals surface area contributed by atoms with Gasteiger partial charge >= 0.3 is 5.97 Å². The number of carbonyl (C=O) groups excluding carboxylic acids is 1. The van der Waals surface area contributed by atoms with Crippen LogP contribution in [-0.4, -0.2) is 29.1 Å². The number of hydrogen-bond acceptors (Lipinski definition) is 3. The number of aliphatic hydroxyl groups excluding tert-OH is 1. The lowest BCUT2D eigenvalue weighted by Gasteiger charge is -1.98. The monoisotopic (exact) mass is 420 g/mol. The van der Waals surface area contributed by atoms with E-state index < -0.39 is 5.97 Å². The van der Waals surface area contributed by atoms with Gasteiger partial charge in [0.2, 0.25) is 0 Å². The molecule has 0 aromatic carbocycles. The number of aliphatic hydroxyl groups is 1. The van der Waals surface area contributed by atoms with Crippen LogP contribution in [0.3, 0.4) is 0 Å². The van der Waals surface area contributed by atoms with Gasteiger partial charge in [0, 0.05) is 12.5 Å². The van der Waals surface area contributed by atoms with E-state index in [2.05, 4.69) is 48.5 Å². The number of carboxylic acids is 1. The Morgan fingerprint density at radius 1 is 0.724 bits per heavy atom. The number of aliphatic carboxylic acids is 1. The SMILES string of the molecule is CCC(C)C.CCC(C)C.CCC(C)C(=O)O.CCC(C)C=O.CCC(C)CO. The van der Waals surface area contributed by atoms with Crippen LogP contribution in [0.15, 0.2) is 0 Å². The van der Waals surface area contributed by atoms with Crippen molar-refractivity contribution in [1.29, 1.82) is 0 Å². The molecule has 0 aromatic rings. The second kappa shape index (κ2) is 31.8. The average Bonchev–Trinajstić information content (AvgIpc) is 2.73. The maximum atomic E-state index is 9.93. The van der Waals surface area contributed by atoms with Crippen LogP contribution in [0.25, 0.3) is 0 Å². The highest BCUT2D eigenvalue weighted by molar-refractivity contribution is 5.69. The van der Waals surface area contributed by atoms with Crippen molar-refractivity contribution in [1.82, 2.24) is 0 Å². The second-order valence-corrected chi connectivity index (χ2v) is 8.47. The Balaban J connectivity index is -0.0000000833. The van der Waals surface area contributed by atoms with E-state index in [-0.39, 0.29) is 11.8 Å². The van der Waals surface area contributed by atoms with Gasteiger partial charge in [0.05, 0.1) is 5.92 Å². The molecular formula is C25H56O4. The average molecular weight is 421 g/mol. The largest absolute Gasteiger partial charge is 0.481 e. The minimum absolute atomic E-state index is 0.181. The van der Waals surface area contributed by atoms with Crippen molar-refractivity contribution in [2.75, 3.05) is 6.61 Å². The molecule has 0 aromatic heterocycles. The van der Waals surface area contributed by atoms with E-state index >= 15 is 0 Å². The molecule has 0 spiro atoms. The molecule has 0 heterocycles. The summed E-state index contributed by atoms with van der Waals surface area (Å²) in [6, 6.07) is 0. The summed E-state index contributed by atoms with van der Waals surface area (Å²) in [6.07, 6.45) is 6.34. The van der Waals surface area contributed by atoms with Crippen LogP contribution in [0.5, 0.6) is 0 Å². The highest BCUT2D eigenvalue weighted by atomic mass is 16.4. The van der Waals surface area contributed by atoms with Gasteiger partial charge in [-0.1, -0.05) is 102 Å². The summed E-state index contributed by atoms with van der Waals surface area (Å²) in [5.41, 5.74) is 0. The minimum atomic E-state index is -0.706. The molecule has 0 bridgehead atoms. The summed E-state index contributed by atoms with van der Waals surface area (Å²) in [5, 5.41) is 16.5. The van der Waals surface area contributed by atoms with Crippen LogP contribution >= 0.6 is 0 Å². The molecular weight excluding hydrogens is 364 g/mol. The Morgan fingerprint density at radius 3 is 1.07 bits per heavy atom. The van der Waals surface area contributed by atoms with Crippen LogP contribution in [0.1, 0.15) is 115 Å². The normalized spacial score (nSPS) is 12.4. The highest BCUT2D eigenvalue weighted by Crippen LogP contribution is 1.98. The van der Waals surface area contributed by atoms with Crippen molar-refractivity contribution >= 4 is 12.3 Å². The van der Waals surface area contributed by atoms with Crippen LogP contribution in [-0.2, 0) is 9.59 Å². The fourth-order valence-corrected chi connectivity index (χ4v) is 0.400. The highest BCUT2D eigenvalue weighted by Gasteiger charge is 2.05. The molecule has 3 atom stereocenters. The molecule has 0 amide bonds. The first-order valence-electron chi connectivity index (χ1n) is 11.6. The van der Waals surface area contributed by atoms with Gasteiger partial charge in [0.15, 0.2) is 0 Å². The van der Waals surface area contributed by atoms with Gasteiger partial charge in [-0.15, -0.1) is 0 Å². The van der Waals surface area contributed by atoms with E-state index in [1.54, 1.807) is 6.92 Å². The standard InChI is InChI=1S/C5H10O2.C5H12O.C5H10O.2C5H12/c1-3-4(2)5(6)7;2*1-3-5(2)4-6;2*1-4-5(2)3/h4H,3H2,1-2H3,(H,6,7);5-6H,3-4H2,1-2H3;4-5H,3H2,1-2H3;2*5H,4H2,1-3H3. The number of hydrogen-bond donors (Lipinski definition) is 2. The first-order valence-corrected chi connectivity index (χ1v) is 11.6. The van der Waals surface area contributed by atoms with Crippen LogP contribution < -0.4 is 0 Å². The second-order valence-electron chi connectivity index (χ2n) is 8.47. The van der Waals surface area contributed by atoms with Crippen molar-refractivity contribution in [2.45, 2.75) is 115 Å². The van der Waals surface area contributed by atoms with Gasteiger partial charge in [0.25, 0.3) is 0 Å². The molecule has 0 radical (unpaired) electrons. The Bertz CT molecular complexity index is 289. The molecule has 180 valence electrons. The molecule has 0 aliphatic carbocycles. The van der Waals surface area contributed by atoms with Crippen molar-refractivity contribution in [3.05, 3.63) is 0 Å². The molecule has 0 saturated heterocycles. The summed E-state index contributed by atoms with van der Waals surface area (Å²) in [7, 11) is 0. The molecule has 4 heteroatoms. The lowest BCUT2D eigenvalue weighted by atomic mass is 10.1. The molecule has 29 heavy (non-hydrogen) atoms. The molecule has 0 rings (SSSR count). The smallest absolute Gasteiger partial charge is 0.306 e. The molecule has 0 fully saturated rings. The van der Waals surface area contributed by atoms with Crippen LogP contribution in [0.4, 0.5) is 0 Å². The third kappa shape index (κ3) is 58.4. The molecule has 0 aliphatic rings. The van der Waals surface area contributed by atoms with Crippen molar-refractivity contribution < 1.29 is 19.8 Å². The van der Waals surface area contributed by atoms with Crippen LogP contribution in [0.2, 0.25) is 0 Å². The third-order valence-corrected chi connectivity index (χ3v) is 4.55. The van der Waals surface area contributed by atoms with E-state index in [1.807, 2.05) is 27.7 Å². The number of carbonyl (C=O) groups is 2. The number of aldehydes is 1. The summed E-state index contributed by atoms with van der Waals surface area (Å²) < 4.78 is 0. The molecule has 4 nitrogen and oxygen atoms in total. The maximum Gasteiger partial charge on any atom is 0.306 e. The fraction of sp³-hybridized carbons (Fsp3) is 0.920. The molecule has 0 saturated carbocycles. The zero-order valence-electron chi connectivity index (χ0n) is 21.9. The minimum Gasteiger partial charge on any atom is -0.481 e. The van der Waals surface area contributed by atoms with Gasteiger partial charge < -0.3 is 15.0 Å². The molecule has 3 unspecified atom stereocenters. The topological polar surface area (TPSA) is 74.6 Å². The lowest BCUT2D eigenvalue weighted by molar-refractivity contribution is -0.141. The first kappa shape index (κ1) is 38.7. The summed E-state index contributed by atoms with van der Waals surface area (Å²) in [6.45, 7) is 25.2. The Morgan fingerprint density at radius 2 is 1.07 bits per heavy atom. The Kier molecular flexibility index (Phi) is 42.4. The van der Waals surface area contributed by atoms with E-state index in [0.29, 0.717) is 12.5 Å². The van der Waals surface area contributed by atoms with E-state index in [9.17, 15) is 9.59 Å². The van der Waals surface area contributed by atoms with Crippen molar-refractivity contribution in [2.24, 2.45) is 29.6 Å². The van der Waals surface area contributed by atoms with Gasteiger partial charge in [-0.05, 0) is 30.6 Å². The fourth-order valence-electron chi connectivity index (χ4n) is 0.400. The molecule has 2 N–H and O–H groups in total. The third-order valence-electron chi connectivity index (χ3n) is 4.55. The zero-order valence-corrected chi connectivity index (χ0v) is 21.9. The van der Waals surface area contributed by atoms with Crippen molar-refractivity contribution in [3.8, 4) is 0 Å². The predicted octanol–water partition coefficient (Wildman–Crippen LogP) is 7.48. The summed E-state index contributed by atoms with van der Waals surface area (Å²) >= 11 is 0. The van der Waals surface area contributed by atoms with E-state index in [0.717, 1.165) is 37.4 Å². The van der Waals surface area contributed by atoms with E-state index in [4.69, 9.17) is 10.2 Å². The lowest BCUT2D eigenvalue weighted by Crippen LogP contribution is -2.06. The van der Waals surface area contributed by atoms with Gasteiger partial charge in [-0.2, -0.15) is 0 Å². The quantitative estimate of drug-likeness (QED) is 0.399. The first-order chi connectivity index (χ1) is 13.3. The number of carboxylic acid groups (broad SMARTS) is 1. The Hall–Kier alpha value is -0.900. The maximum absolute atomic E-state index is 9.93. The van der Waals surface area contributed by atoms with Gasteiger partial charge in [-0.3, -0.25) is 4.79 Å². The summed E-state index contributed by atoms with van der Waals surface area (Å²) in [4.78, 5) is 19.7. The summed E-state index contributed by atoms with van der Waals surface area (Å²) in [5.74, 6) is 1.63. The predicted molar refractivity (Wildman–Crippen MR) is 129 cm³/mol. The van der Waals surface area contributed by atoms with Crippen LogP contribution in [0, 0.1) is 29.6 Å². The zero-order chi connectivity index (χ0) is 24.4. The van der Waals surface area contributed by atoms with E-state index in [1.165, 1.54) is 12.8 Å². The number of rotatable bonds is 8. The van der Waals surface area contributed by atoms with Gasteiger partial charge in [0.1, 0.15) is 6.29 Å². The Labute approximate surface area is 183 Å². The van der Waals surface area contributed by atoms with Crippen molar-refractivity contribution in [3.63, 3.8) is 0 Å². The molecule has 0 aliphatic heterocycles. The van der Waals surface area contributed by atoms with Gasteiger partial charge in [-0.25, -0.2) is 0 Å².